The molecule has 1 aliphatic carbocycles. The van der Waals surface area contributed by atoms with Crippen molar-refractivity contribution in [3.05, 3.63) is 65.1 Å². The minimum atomic E-state index is -0.528. The van der Waals surface area contributed by atoms with E-state index in [1.54, 1.807) is 0 Å². The smallest absolute Gasteiger partial charge is 0.308 e. The zero-order chi connectivity index (χ0) is 19.8. The molecule has 0 radical (unpaired) electrons. The fourth-order valence-corrected chi connectivity index (χ4v) is 4.22. The van der Waals surface area contributed by atoms with Crippen LogP contribution in [0.25, 0.3) is 10.9 Å². The highest BCUT2D eigenvalue weighted by Gasteiger charge is 2.33. The number of amides is 1. The predicted octanol–water partition coefficient (Wildman–Crippen LogP) is 3.66. The lowest BCUT2D eigenvalue weighted by atomic mass is 9.84. The molecule has 4 rings (SSSR count). The Hall–Kier alpha value is -3.15. The van der Waals surface area contributed by atoms with E-state index in [0.29, 0.717) is 35.9 Å². The number of aromatic nitrogens is 1. The molecule has 0 spiro atoms. The van der Waals surface area contributed by atoms with Crippen LogP contribution in [0.5, 0.6) is 5.75 Å². The van der Waals surface area contributed by atoms with Crippen molar-refractivity contribution < 1.29 is 18.7 Å². The van der Waals surface area contributed by atoms with E-state index in [-0.39, 0.29) is 5.75 Å². The van der Waals surface area contributed by atoms with E-state index in [1.165, 1.54) is 19.1 Å². The van der Waals surface area contributed by atoms with Gasteiger partial charge in [0.25, 0.3) is 0 Å². The number of nitrogens with two attached hydrogens (primary N) is 1. The molecule has 0 saturated heterocycles. The molecule has 0 aliphatic heterocycles. The molecule has 6 heteroatoms. The maximum absolute atomic E-state index is 15.0. The van der Waals surface area contributed by atoms with Gasteiger partial charge in [0.05, 0.1) is 11.4 Å². The van der Waals surface area contributed by atoms with Crippen molar-refractivity contribution in [1.82, 2.24) is 4.57 Å². The highest BCUT2D eigenvalue weighted by molar-refractivity contribution is 5.98. The molecule has 5 nitrogen and oxygen atoms in total. The Labute approximate surface area is 161 Å². The van der Waals surface area contributed by atoms with E-state index in [0.717, 1.165) is 17.7 Å². The summed E-state index contributed by atoms with van der Waals surface area (Å²) >= 11 is 0. The van der Waals surface area contributed by atoms with E-state index in [4.69, 9.17) is 10.5 Å². The van der Waals surface area contributed by atoms with Gasteiger partial charge < -0.3 is 15.0 Å². The minimum Gasteiger partial charge on any atom is -0.426 e. The van der Waals surface area contributed by atoms with Gasteiger partial charge >= 0.3 is 5.97 Å². The summed E-state index contributed by atoms with van der Waals surface area (Å²) in [5.74, 6) is -1.62. The van der Waals surface area contributed by atoms with Crippen LogP contribution in [0.2, 0.25) is 0 Å². The molecular formula is C22H21FN2O3. The normalized spacial score (nSPS) is 16.0. The van der Waals surface area contributed by atoms with Gasteiger partial charge in [0.15, 0.2) is 0 Å². The summed E-state index contributed by atoms with van der Waals surface area (Å²) < 4.78 is 22.3. The lowest BCUT2D eigenvalue weighted by Crippen LogP contribution is -2.25. The van der Waals surface area contributed by atoms with Crippen LogP contribution in [0.3, 0.4) is 0 Å². The molecule has 1 unspecified atom stereocenters. The van der Waals surface area contributed by atoms with Crippen molar-refractivity contribution in [1.29, 1.82) is 0 Å². The molecule has 1 atom stereocenters. The average Bonchev–Trinajstić information content (AvgIpc) is 3.00. The number of halogens is 1. The molecule has 144 valence electrons. The number of carbonyl (C=O) groups is 2. The summed E-state index contributed by atoms with van der Waals surface area (Å²) in [4.78, 5) is 23.8. The van der Waals surface area contributed by atoms with Crippen LogP contribution in [-0.4, -0.2) is 16.4 Å². The quantitative estimate of drug-likeness (QED) is 0.554. The largest absolute Gasteiger partial charge is 0.426 e. The molecular weight excluding hydrogens is 359 g/mol. The number of ether oxygens (including phenoxy) is 1. The van der Waals surface area contributed by atoms with Gasteiger partial charge in [-0.2, -0.15) is 0 Å². The van der Waals surface area contributed by atoms with Gasteiger partial charge in [-0.1, -0.05) is 30.3 Å². The number of benzene rings is 2. The van der Waals surface area contributed by atoms with Crippen molar-refractivity contribution >= 4 is 22.8 Å². The van der Waals surface area contributed by atoms with E-state index < -0.39 is 23.6 Å². The second-order valence-electron chi connectivity index (χ2n) is 7.14. The fourth-order valence-electron chi connectivity index (χ4n) is 4.22. The third kappa shape index (κ3) is 3.05. The van der Waals surface area contributed by atoms with E-state index in [2.05, 4.69) is 0 Å². The van der Waals surface area contributed by atoms with Crippen LogP contribution in [-0.2, 0) is 22.6 Å². The van der Waals surface area contributed by atoms with Crippen molar-refractivity contribution in [2.24, 2.45) is 5.73 Å². The lowest BCUT2D eigenvalue weighted by Gasteiger charge is -2.22. The summed E-state index contributed by atoms with van der Waals surface area (Å²) in [6.45, 7) is 1.76. The molecule has 2 aromatic carbocycles. The molecule has 0 fully saturated rings. The number of fused-ring (bicyclic) bond motifs is 3. The minimum absolute atomic E-state index is 0.264. The number of hydrogen-bond donors (Lipinski definition) is 1. The number of esters is 1. The SMILES string of the molecule is CC(=O)Oc1ccc(F)c2c1c1c(n2Cc2ccccc2)CCCC1C(N)=O. The average molecular weight is 380 g/mol. The molecule has 1 aliphatic rings. The Morgan fingerprint density at radius 3 is 2.64 bits per heavy atom. The van der Waals surface area contributed by atoms with Gasteiger partial charge in [0.1, 0.15) is 11.6 Å². The summed E-state index contributed by atoms with van der Waals surface area (Å²) in [5.41, 5.74) is 8.61. The van der Waals surface area contributed by atoms with Crippen LogP contribution in [0.4, 0.5) is 4.39 Å². The fraction of sp³-hybridized carbons (Fsp3) is 0.273. The maximum Gasteiger partial charge on any atom is 0.308 e. The first kappa shape index (κ1) is 18.2. The highest BCUT2D eigenvalue weighted by Crippen LogP contribution is 2.44. The number of carbonyl (C=O) groups excluding carboxylic acids is 2. The first-order valence-electron chi connectivity index (χ1n) is 9.32. The van der Waals surface area contributed by atoms with Gasteiger partial charge in [-0.15, -0.1) is 0 Å². The molecule has 3 aromatic rings. The third-order valence-corrected chi connectivity index (χ3v) is 5.30. The van der Waals surface area contributed by atoms with Gasteiger partial charge in [0.2, 0.25) is 5.91 Å². The summed E-state index contributed by atoms with van der Waals surface area (Å²) in [6, 6.07) is 12.5. The molecule has 1 aromatic heterocycles. The predicted molar refractivity (Wildman–Crippen MR) is 104 cm³/mol. The van der Waals surface area contributed by atoms with Crippen LogP contribution in [0.1, 0.15) is 42.5 Å². The third-order valence-electron chi connectivity index (χ3n) is 5.30. The molecule has 2 N–H and O–H groups in total. The second-order valence-corrected chi connectivity index (χ2v) is 7.14. The maximum atomic E-state index is 15.0. The topological polar surface area (TPSA) is 74.3 Å². The van der Waals surface area contributed by atoms with E-state index in [9.17, 15) is 9.59 Å². The standard InChI is InChI=1S/C22H21FN2O3/c1-13(26)28-18-11-10-16(23)21-20(18)19-15(22(24)27)8-5-9-17(19)25(21)12-14-6-3-2-4-7-14/h2-4,6-7,10-11,15H,5,8-9,12H2,1H3,(H2,24,27). The van der Waals surface area contributed by atoms with Gasteiger partial charge in [-0.3, -0.25) is 9.59 Å². The molecule has 1 heterocycles. The number of rotatable bonds is 4. The Morgan fingerprint density at radius 2 is 1.96 bits per heavy atom. The Balaban J connectivity index is 2.03. The van der Waals surface area contributed by atoms with Crippen LogP contribution in [0.15, 0.2) is 42.5 Å². The van der Waals surface area contributed by atoms with Gasteiger partial charge in [0, 0.05) is 24.5 Å². The van der Waals surface area contributed by atoms with Crippen molar-refractivity contribution in [2.45, 2.75) is 38.6 Å². The zero-order valence-electron chi connectivity index (χ0n) is 15.6. The summed E-state index contributed by atoms with van der Waals surface area (Å²) in [7, 11) is 0. The van der Waals surface area contributed by atoms with Gasteiger partial charge in [-0.25, -0.2) is 4.39 Å². The summed E-state index contributed by atoms with van der Waals surface area (Å²) in [5, 5.41) is 0.477. The Morgan fingerprint density at radius 1 is 1.21 bits per heavy atom. The monoisotopic (exact) mass is 380 g/mol. The molecule has 0 saturated carbocycles. The van der Waals surface area contributed by atoms with E-state index >= 15 is 4.39 Å². The van der Waals surface area contributed by atoms with Crippen molar-refractivity contribution in [3.63, 3.8) is 0 Å². The number of hydrogen-bond acceptors (Lipinski definition) is 3. The first-order valence-corrected chi connectivity index (χ1v) is 9.32. The second kappa shape index (κ2) is 7.11. The molecule has 28 heavy (non-hydrogen) atoms. The molecule has 0 bridgehead atoms. The van der Waals surface area contributed by atoms with Crippen molar-refractivity contribution in [2.75, 3.05) is 0 Å². The van der Waals surface area contributed by atoms with E-state index in [1.807, 2.05) is 34.9 Å². The van der Waals surface area contributed by atoms with Crippen LogP contribution < -0.4 is 10.5 Å². The number of primary amides is 1. The van der Waals surface area contributed by atoms with Gasteiger partial charge in [-0.05, 0) is 42.5 Å². The van der Waals surface area contributed by atoms with Crippen LogP contribution >= 0.6 is 0 Å². The first-order chi connectivity index (χ1) is 13.5. The number of nitrogens with zero attached hydrogens (tertiary/aromatic N) is 1. The molecule has 1 amide bonds. The highest BCUT2D eigenvalue weighted by atomic mass is 19.1. The van der Waals surface area contributed by atoms with Crippen LogP contribution in [0, 0.1) is 5.82 Å². The summed E-state index contributed by atoms with van der Waals surface area (Å²) in [6.07, 6.45) is 2.10. The van der Waals surface area contributed by atoms with Crippen molar-refractivity contribution in [3.8, 4) is 5.75 Å². The Kier molecular flexibility index (Phi) is 4.63. The Bertz CT molecular complexity index is 1070. The lowest BCUT2D eigenvalue weighted by molar-refractivity contribution is -0.131. The zero-order valence-corrected chi connectivity index (χ0v) is 15.6.